The fraction of sp³-hybridized carbons (Fsp3) is 0.235. The molecule has 7 heteroatoms. The molecule has 0 aliphatic heterocycles. The fourth-order valence-electron chi connectivity index (χ4n) is 2.29. The minimum Gasteiger partial charge on any atom is -0.497 e. The van der Waals surface area contributed by atoms with Crippen molar-refractivity contribution in [2.24, 2.45) is 4.99 Å². The van der Waals surface area contributed by atoms with Gasteiger partial charge in [0.25, 0.3) is 5.56 Å². The molecule has 3 rings (SSSR count). The predicted molar refractivity (Wildman–Crippen MR) is 99.7 cm³/mol. The summed E-state index contributed by atoms with van der Waals surface area (Å²) in [5, 5.41) is 0.625. The van der Waals surface area contributed by atoms with Gasteiger partial charge in [0.05, 0.1) is 18.2 Å². The summed E-state index contributed by atoms with van der Waals surface area (Å²) in [6.45, 7) is 3.95. The van der Waals surface area contributed by atoms with Crippen molar-refractivity contribution in [1.82, 2.24) is 9.55 Å². The Balaban J connectivity index is 0.00000208. The van der Waals surface area contributed by atoms with Gasteiger partial charge in [0.2, 0.25) is 0 Å². The molecule has 0 amide bonds. The SMILES string of the molecule is COc1ccc(N=c2sc3ncccc3c(=O)n2C(C)C)cc1.Cl. The van der Waals surface area contributed by atoms with Crippen LogP contribution < -0.4 is 15.1 Å². The highest BCUT2D eigenvalue weighted by molar-refractivity contribution is 7.15. The first-order valence-corrected chi connectivity index (χ1v) is 8.11. The molecule has 5 nitrogen and oxygen atoms in total. The molecule has 0 saturated heterocycles. The Morgan fingerprint density at radius 3 is 2.54 bits per heavy atom. The molecule has 0 bridgehead atoms. The Bertz CT molecular complexity index is 962. The number of pyridine rings is 1. The Labute approximate surface area is 149 Å². The van der Waals surface area contributed by atoms with E-state index in [1.54, 1.807) is 30.0 Å². The highest BCUT2D eigenvalue weighted by Crippen LogP contribution is 2.18. The van der Waals surface area contributed by atoms with Gasteiger partial charge in [0.15, 0.2) is 4.80 Å². The standard InChI is InChI=1S/C17H17N3O2S.ClH/c1-11(2)20-16(21)14-5-4-10-18-15(14)23-17(20)19-12-6-8-13(22-3)9-7-12;/h4-11H,1-3H3;1H. The number of aromatic nitrogens is 2. The lowest BCUT2D eigenvalue weighted by molar-refractivity contribution is 0.415. The van der Waals surface area contributed by atoms with E-state index in [0.29, 0.717) is 15.0 Å². The summed E-state index contributed by atoms with van der Waals surface area (Å²) in [5.41, 5.74) is 0.709. The van der Waals surface area contributed by atoms with Crippen LogP contribution in [0.4, 0.5) is 5.69 Å². The van der Waals surface area contributed by atoms with Gasteiger partial charge in [-0.15, -0.1) is 12.4 Å². The Hall–Kier alpha value is -2.18. The summed E-state index contributed by atoms with van der Waals surface area (Å²) in [5.74, 6) is 0.772. The number of methoxy groups -OCH3 is 1. The molecular formula is C17H18ClN3O2S. The van der Waals surface area contributed by atoms with Crippen LogP contribution >= 0.6 is 23.7 Å². The summed E-state index contributed by atoms with van der Waals surface area (Å²) in [7, 11) is 1.62. The van der Waals surface area contributed by atoms with Crippen LogP contribution in [0.15, 0.2) is 52.4 Å². The summed E-state index contributed by atoms with van der Waals surface area (Å²) < 4.78 is 6.86. The van der Waals surface area contributed by atoms with Gasteiger partial charge in [-0.1, -0.05) is 11.3 Å². The molecule has 0 spiro atoms. The van der Waals surface area contributed by atoms with Crippen LogP contribution in [0, 0.1) is 0 Å². The van der Waals surface area contributed by atoms with Crippen molar-refractivity contribution in [3.05, 3.63) is 57.8 Å². The van der Waals surface area contributed by atoms with Gasteiger partial charge in [-0.2, -0.15) is 0 Å². The summed E-state index contributed by atoms with van der Waals surface area (Å²) >= 11 is 1.41. The topological polar surface area (TPSA) is 56.5 Å². The van der Waals surface area contributed by atoms with Crippen molar-refractivity contribution in [2.45, 2.75) is 19.9 Å². The van der Waals surface area contributed by atoms with Crippen LogP contribution in [-0.4, -0.2) is 16.7 Å². The maximum atomic E-state index is 12.7. The van der Waals surface area contributed by atoms with Gasteiger partial charge in [0.1, 0.15) is 10.6 Å². The highest BCUT2D eigenvalue weighted by Gasteiger charge is 2.10. The van der Waals surface area contributed by atoms with Crippen molar-refractivity contribution in [3.63, 3.8) is 0 Å². The molecule has 3 aromatic rings. The van der Waals surface area contributed by atoms with Crippen molar-refractivity contribution >= 4 is 39.6 Å². The first kappa shape index (κ1) is 18.2. The zero-order chi connectivity index (χ0) is 16.4. The second-order valence-electron chi connectivity index (χ2n) is 5.32. The lowest BCUT2D eigenvalue weighted by Crippen LogP contribution is -2.33. The van der Waals surface area contributed by atoms with E-state index in [9.17, 15) is 4.79 Å². The quantitative estimate of drug-likeness (QED) is 0.712. The zero-order valence-electron chi connectivity index (χ0n) is 13.6. The molecule has 0 N–H and O–H groups in total. The van der Waals surface area contributed by atoms with Crippen LogP contribution in [0.1, 0.15) is 19.9 Å². The normalized spacial score (nSPS) is 11.6. The third kappa shape index (κ3) is 3.49. The monoisotopic (exact) mass is 363 g/mol. The van der Waals surface area contributed by atoms with Crippen LogP contribution in [0.2, 0.25) is 0 Å². The molecule has 0 saturated carbocycles. The van der Waals surface area contributed by atoms with Gasteiger partial charge in [0, 0.05) is 12.2 Å². The maximum Gasteiger partial charge on any atom is 0.263 e. The molecule has 1 aromatic carbocycles. The largest absolute Gasteiger partial charge is 0.497 e. The molecule has 0 unspecified atom stereocenters. The fourth-order valence-corrected chi connectivity index (χ4v) is 3.38. The first-order chi connectivity index (χ1) is 11.1. The van der Waals surface area contributed by atoms with E-state index >= 15 is 0 Å². The van der Waals surface area contributed by atoms with Crippen molar-refractivity contribution in [1.29, 1.82) is 0 Å². The Kier molecular flexibility index (Phi) is 5.75. The average molecular weight is 364 g/mol. The van der Waals surface area contributed by atoms with Crippen molar-refractivity contribution in [2.75, 3.05) is 7.11 Å². The number of nitrogens with zero attached hydrogens (tertiary/aromatic N) is 3. The van der Waals surface area contributed by atoms with Crippen LogP contribution in [0.3, 0.4) is 0 Å². The van der Waals surface area contributed by atoms with E-state index in [4.69, 9.17) is 4.74 Å². The lowest BCUT2D eigenvalue weighted by atomic mass is 10.3. The van der Waals surface area contributed by atoms with Gasteiger partial charge in [-0.3, -0.25) is 9.36 Å². The molecule has 126 valence electrons. The Morgan fingerprint density at radius 1 is 1.21 bits per heavy atom. The van der Waals surface area contributed by atoms with E-state index < -0.39 is 0 Å². The average Bonchev–Trinajstić information content (AvgIpc) is 2.55. The third-order valence-corrected chi connectivity index (χ3v) is 4.42. The lowest BCUT2D eigenvalue weighted by Gasteiger charge is -2.11. The smallest absolute Gasteiger partial charge is 0.263 e. The van der Waals surface area contributed by atoms with Gasteiger partial charge >= 0.3 is 0 Å². The van der Waals surface area contributed by atoms with E-state index in [2.05, 4.69) is 9.98 Å². The molecule has 0 aliphatic rings. The van der Waals surface area contributed by atoms with Crippen LogP contribution in [0.25, 0.3) is 10.2 Å². The van der Waals surface area contributed by atoms with Crippen LogP contribution in [-0.2, 0) is 0 Å². The number of halogens is 1. The zero-order valence-corrected chi connectivity index (χ0v) is 15.2. The van der Waals surface area contributed by atoms with Crippen molar-refractivity contribution < 1.29 is 4.74 Å². The molecular weight excluding hydrogens is 346 g/mol. The minimum absolute atomic E-state index is 0. The van der Waals surface area contributed by atoms with E-state index in [1.165, 1.54) is 11.3 Å². The number of fused-ring (bicyclic) bond motifs is 1. The number of rotatable bonds is 3. The molecule has 0 fully saturated rings. The minimum atomic E-state index is -0.0610. The second kappa shape index (κ2) is 7.59. The van der Waals surface area contributed by atoms with Crippen LogP contribution in [0.5, 0.6) is 5.75 Å². The van der Waals surface area contributed by atoms with E-state index in [-0.39, 0.29) is 24.0 Å². The molecule has 24 heavy (non-hydrogen) atoms. The molecule has 2 heterocycles. The van der Waals surface area contributed by atoms with E-state index in [1.807, 2.05) is 38.1 Å². The Morgan fingerprint density at radius 2 is 1.92 bits per heavy atom. The van der Waals surface area contributed by atoms with Gasteiger partial charge < -0.3 is 4.74 Å². The number of hydrogen-bond acceptors (Lipinski definition) is 5. The summed E-state index contributed by atoms with van der Waals surface area (Å²) in [6, 6.07) is 11.0. The van der Waals surface area contributed by atoms with Gasteiger partial charge in [-0.05, 0) is 50.2 Å². The highest BCUT2D eigenvalue weighted by atomic mass is 35.5. The number of benzene rings is 1. The molecule has 0 aliphatic carbocycles. The third-order valence-electron chi connectivity index (χ3n) is 3.43. The number of ether oxygens (including phenoxy) is 1. The number of hydrogen-bond donors (Lipinski definition) is 0. The molecule has 2 aromatic heterocycles. The summed E-state index contributed by atoms with van der Waals surface area (Å²) in [6.07, 6.45) is 1.69. The summed E-state index contributed by atoms with van der Waals surface area (Å²) in [4.78, 5) is 23.0. The maximum absolute atomic E-state index is 12.7. The van der Waals surface area contributed by atoms with E-state index in [0.717, 1.165) is 11.4 Å². The second-order valence-corrected chi connectivity index (χ2v) is 6.28. The molecule has 0 atom stereocenters. The first-order valence-electron chi connectivity index (χ1n) is 7.29. The van der Waals surface area contributed by atoms with Gasteiger partial charge in [-0.25, -0.2) is 9.98 Å². The predicted octanol–water partition coefficient (Wildman–Crippen LogP) is 3.70. The molecule has 0 radical (unpaired) electrons. The van der Waals surface area contributed by atoms with Crippen molar-refractivity contribution in [3.8, 4) is 5.75 Å².